The molecule has 2 aromatic rings. The third kappa shape index (κ3) is 2.81. The van der Waals surface area contributed by atoms with E-state index in [0.29, 0.717) is 24.0 Å². The Labute approximate surface area is 99.3 Å². The van der Waals surface area contributed by atoms with Crippen LogP contribution < -0.4 is 0 Å². The molecule has 85 valence electrons. The Balaban J connectivity index is 2.13. The van der Waals surface area contributed by atoms with E-state index in [-0.39, 0.29) is 5.82 Å². The van der Waals surface area contributed by atoms with Gasteiger partial charge in [0.1, 0.15) is 11.6 Å². The van der Waals surface area contributed by atoms with Gasteiger partial charge >= 0.3 is 0 Å². The lowest BCUT2D eigenvalue weighted by Gasteiger charge is -1.98. The van der Waals surface area contributed by atoms with Crippen LogP contribution in [0, 0.1) is 5.82 Å². The zero-order valence-corrected chi connectivity index (χ0v) is 9.19. The lowest BCUT2D eigenvalue weighted by atomic mass is 9.76. The SMILES string of the molecule is O=C[B]CCc1ncc(-c2ccccc2F)[nH]1. The van der Waals surface area contributed by atoms with Crippen LogP contribution in [0.25, 0.3) is 11.3 Å². The van der Waals surface area contributed by atoms with Crippen LogP contribution in [0.4, 0.5) is 4.39 Å². The molecule has 0 aliphatic carbocycles. The summed E-state index contributed by atoms with van der Waals surface area (Å²) in [5.41, 5.74) is 1.16. The van der Waals surface area contributed by atoms with Crippen molar-refractivity contribution in [1.29, 1.82) is 0 Å². The molecule has 3 nitrogen and oxygen atoms in total. The van der Waals surface area contributed by atoms with Crippen molar-refractivity contribution in [2.45, 2.75) is 12.7 Å². The number of halogens is 1. The van der Waals surface area contributed by atoms with E-state index in [1.807, 2.05) is 0 Å². The van der Waals surface area contributed by atoms with Gasteiger partial charge in [-0.25, -0.2) is 9.37 Å². The van der Waals surface area contributed by atoms with Crippen LogP contribution in [0.15, 0.2) is 30.5 Å². The number of aromatic nitrogens is 2. The highest BCUT2D eigenvalue weighted by Gasteiger charge is 2.07. The number of carbonyl (C=O) groups is 1. The van der Waals surface area contributed by atoms with E-state index in [2.05, 4.69) is 9.97 Å². The summed E-state index contributed by atoms with van der Waals surface area (Å²) >= 11 is 0. The predicted octanol–water partition coefficient (Wildman–Crippen LogP) is 2.07. The second-order valence-electron chi connectivity index (χ2n) is 3.63. The van der Waals surface area contributed by atoms with Crippen LogP contribution in [0.3, 0.4) is 0 Å². The standard InChI is InChI=1S/C12H11BFN2O/c14-10-4-2-1-3-9(10)11-7-15-12(16-11)5-6-13-8-17/h1-4,7-8H,5-6H2,(H,15,16). The van der Waals surface area contributed by atoms with Crippen molar-refractivity contribution in [2.75, 3.05) is 0 Å². The van der Waals surface area contributed by atoms with E-state index < -0.39 is 0 Å². The van der Waals surface area contributed by atoms with Gasteiger partial charge in [0, 0.05) is 5.56 Å². The second-order valence-corrected chi connectivity index (χ2v) is 3.63. The number of carbonyl (C=O) groups excluding carboxylic acids is 1. The molecule has 0 aliphatic rings. The fraction of sp³-hybridized carbons (Fsp3) is 0.167. The van der Waals surface area contributed by atoms with E-state index in [1.165, 1.54) is 13.3 Å². The van der Waals surface area contributed by atoms with E-state index in [1.54, 1.807) is 24.4 Å². The summed E-state index contributed by atoms with van der Waals surface area (Å²) in [6.45, 7) is 0. The van der Waals surface area contributed by atoms with Gasteiger partial charge in [-0.3, -0.25) is 0 Å². The molecule has 1 aromatic heterocycles. The van der Waals surface area contributed by atoms with Gasteiger partial charge in [0.05, 0.1) is 18.1 Å². The molecule has 0 amide bonds. The third-order valence-electron chi connectivity index (χ3n) is 2.44. The zero-order valence-electron chi connectivity index (χ0n) is 9.19. The summed E-state index contributed by atoms with van der Waals surface area (Å²) in [5.74, 6) is 0.475. The topological polar surface area (TPSA) is 45.8 Å². The van der Waals surface area contributed by atoms with Crippen molar-refractivity contribution in [2.24, 2.45) is 0 Å². The van der Waals surface area contributed by atoms with Crippen molar-refractivity contribution in [3.8, 4) is 11.3 Å². The number of H-pyrrole nitrogens is 1. The molecule has 0 unspecified atom stereocenters. The zero-order chi connectivity index (χ0) is 12.1. The van der Waals surface area contributed by atoms with Crippen molar-refractivity contribution < 1.29 is 9.18 Å². The maximum Gasteiger partial charge on any atom is 0.198 e. The van der Waals surface area contributed by atoms with Crippen molar-refractivity contribution in [3.05, 3.63) is 42.1 Å². The number of aromatic amines is 1. The quantitative estimate of drug-likeness (QED) is 0.484. The molecule has 5 heteroatoms. The first-order valence-electron chi connectivity index (χ1n) is 5.37. The number of hydrogen-bond donors (Lipinski definition) is 1. The molecule has 0 aliphatic heterocycles. The molecule has 1 radical (unpaired) electrons. The maximum absolute atomic E-state index is 13.5. The Hall–Kier alpha value is -1.91. The minimum atomic E-state index is -0.276. The molecule has 0 bridgehead atoms. The molecular weight excluding hydrogens is 218 g/mol. The highest BCUT2D eigenvalue weighted by Crippen LogP contribution is 2.20. The van der Waals surface area contributed by atoms with Crippen LogP contribution in [-0.4, -0.2) is 23.4 Å². The van der Waals surface area contributed by atoms with E-state index in [9.17, 15) is 9.18 Å². The van der Waals surface area contributed by atoms with E-state index in [4.69, 9.17) is 0 Å². The second kappa shape index (κ2) is 5.43. The molecule has 2 rings (SSSR count). The molecule has 0 atom stereocenters. The fourth-order valence-electron chi connectivity index (χ4n) is 1.59. The summed E-state index contributed by atoms with van der Waals surface area (Å²) < 4.78 is 13.5. The molecule has 1 aromatic carbocycles. The first-order valence-corrected chi connectivity index (χ1v) is 5.37. The predicted molar refractivity (Wildman–Crippen MR) is 65.0 cm³/mol. The fourth-order valence-corrected chi connectivity index (χ4v) is 1.59. The molecule has 0 spiro atoms. The number of hydrogen-bond acceptors (Lipinski definition) is 2. The number of rotatable bonds is 5. The Morgan fingerprint density at radius 2 is 2.24 bits per heavy atom. The van der Waals surface area contributed by atoms with Gasteiger partial charge in [-0.1, -0.05) is 18.5 Å². The van der Waals surface area contributed by atoms with E-state index in [0.717, 1.165) is 12.0 Å². The smallest absolute Gasteiger partial charge is 0.198 e. The number of nitrogens with one attached hydrogen (secondary N) is 1. The highest BCUT2D eigenvalue weighted by molar-refractivity contribution is 6.66. The molecule has 0 saturated heterocycles. The Bertz CT molecular complexity index is 513. The van der Waals surface area contributed by atoms with Crippen LogP contribution in [0.2, 0.25) is 6.32 Å². The minimum Gasteiger partial charge on any atom is -0.342 e. The minimum absolute atomic E-state index is 0.276. The van der Waals surface area contributed by atoms with Gasteiger partial charge in [-0.2, -0.15) is 0 Å². The van der Waals surface area contributed by atoms with Crippen LogP contribution in [0.1, 0.15) is 5.82 Å². The number of imidazole rings is 1. The lowest BCUT2D eigenvalue weighted by molar-refractivity contribution is 0.568. The van der Waals surface area contributed by atoms with Crippen molar-refractivity contribution in [3.63, 3.8) is 0 Å². The summed E-state index contributed by atoms with van der Waals surface area (Å²) in [4.78, 5) is 17.3. The maximum atomic E-state index is 13.5. The average Bonchev–Trinajstić information content (AvgIpc) is 2.79. The first-order chi connectivity index (χ1) is 8.31. The lowest BCUT2D eigenvalue weighted by Crippen LogP contribution is -1.95. The molecule has 17 heavy (non-hydrogen) atoms. The van der Waals surface area contributed by atoms with Gasteiger partial charge in [0.15, 0.2) is 7.28 Å². The van der Waals surface area contributed by atoms with Gasteiger partial charge in [0.2, 0.25) is 0 Å². The highest BCUT2D eigenvalue weighted by atomic mass is 19.1. The molecule has 0 saturated carbocycles. The Kier molecular flexibility index (Phi) is 3.70. The normalized spacial score (nSPS) is 10.2. The third-order valence-corrected chi connectivity index (χ3v) is 2.44. The summed E-state index contributed by atoms with van der Waals surface area (Å²) in [5, 5.41) is 0. The summed E-state index contributed by atoms with van der Waals surface area (Å²) in [6.07, 6.45) is 3.65. The number of aryl methyl sites for hydroxylation is 1. The summed E-state index contributed by atoms with van der Waals surface area (Å²) in [7, 11) is 1.53. The van der Waals surface area contributed by atoms with Crippen molar-refractivity contribution in [1.82, 2.24) is 9.97 Å². The van der Waals surface area contributed by atoms with Crippen molar-refractivity contribution >= 4 is 13.5 Å². The Morgan fingerprint density at radius 3 is 3.00 bits per heavy atom. The van der Waals surface area contributed by atoms with Gasteiger partial charge in [0.25, 0.3) is 0 Å². The molecular formula is C12H11BFN2O. The van der Waals surface area contributed by atoms with Crippen LogP contribution in [0.5, 0.6) is 0 Å². The van der Waals surface area contributed by atoms with Crippen LogP contribution >= 0.6 is 0 Å². The van der Waals surface area contributed by atoms with Gasteiger partial charge in [-0.15, -0.1) is 0 Å². The average molecular weight is 229 g/mol. The van der Waals surface area contributed by atoms with Crippen LogP contribution in [-0.2, 0) is 11.2 Å². The largest absolute Gasteiger partial charge is 0.342 e. The molecule has 0 fully saturated rings. The number of nitrogens with zero attached hydrogens (tertiary/aromatic N) is 1. The monoisotopic (exact) mass is 229 g/mol. The van der Waals surface area contributed by atoms with Gasteiger partial charge < -0.3 is 9.78 Å². The Morgan fingerprint density at radius 1 is 1.41 bits per heavy atom. The summed E-state index contributed by atoms with van der Waals surface area (Å²) in [6, 6.07) is 6.54. The molecule has 1 N–H and O–H groups in total. The first kappa shape index (κ1) is 11.6. The molecule has 1 heterocycles. The van der Waals surface area contributed by atoms with E-state index >= 15 is 0 Å². The number of benzene rings is 1. The van der Waals surface area contributed by atoms with Gasteiger partial charge in [-0.05, 0) is 18.6 Å².